The molecule has 0 unspecified atom stereocenters. The highest BCUT2D eigenvalue weighted by Crippen LogP contribution is 2.31. The Kier molecular flexibility index (Phi) is 5.10. The second kappa shape index (κ2) is 7.45. The summed E-state index contributed by atoms with van der Waals surface area (Å²) < 4.78 is 8.09. The zero-order valence-corrected chi connectivity index (χ0v) is 15.3. The number of hydrogen-bond acceptors (Lipinski definition) is 5. The van der Waals surface area contributed by atoms with Crippen LogP contribution in [0.4, 0.5) is 5.69 Å². The van der Waals surface area contributed by atoms with Crippen molar-refractivity contribution in [3.8, 4) is 11.5 Å². The average Bonchev–Trinajstić information content (AvgIpc) is 3.18. The minimum absolute atomic E-state index is 0.598. The summed E-state index contributed by atoms with van der Waals surface area (Å²) in [5.74, 6) is 1.52. The lowest BCUT2D eigenvalue weighted by Crippen LogP contribution is -2.06. The summed E-state index contributed by atoms with van der Waals surface area (Å²) in [5.41, 5.74) is 2.56. The van der Waals surface area contributed by atoms with E-state index in [0.717, 1.165) is 40.0 Å². The van der Waals surface area contributed by atoms with Crippen molar-refractivity contribution in [2.45, 2.75) is 40.2 Å². The summed E-state index contributed by atoms with van der Waals surface area (Å²) in [4.78, 5) is 3.41. The van der Waals surface area contributed by atoms with E-state index in [2.05, 4.69) is 28.9 Å². The fourth-order valence-electron chi connectivity index (χ4n) is 2.59. The number of nitrogens with zero attached hydrogens (tertiary/aromatic N) is 5. The number of hydrogen-bond donors (Lipinski definition) is 0. The van der Waals surface area contributed by atoms with E-state index in [1.165, 1.54) is 0 Å². The Hall–Kier alpha value is -2.72. The van der Waals surface area contributed by atoms with E-state index < -0.39 is 0 Å². The summed E-state index contributed by atoms with van der Waals surface area (Å²) in [6.07, 6.45) is 1.59. The SMILES string of the molecule is [C-]#[N+]c1ccc(Oc2c(CC)nn(Cc3nnc(C)s3)c2CC)cc1. The van der Waals surface area contributed by atoms with Crippen LogP contribution in [0.1, 0.15) is 35.3 Å². The van der Waals surface area contributed by atoms with Gasteiger partial charge in [0.05, 0.1) is 18.8 Å². The molecule has 6 nitrogen and oxygen atoms in total. The fourth-order valence-corrected chi connectivity index (χ4v) is 3.29. The van der Waals surface area contributed by atoms with Crippen molar-refractivity contribution in [2.24, 2.45) is 0 Å². The molecule has 3 rings (SSSR count). The van der Waals surface area contributed by atoms with Crippen molar-refractivity contribution >= 4 is 17.0 Å². The smallest absolute Gasteiger partial charge is 0.187 e. The maximum absolute atomic E-state index is 7.04. The Morgan fingerprint density at radius 1 is 1.16 bits per heavy atom. The van der Waals surface area contributed by atoms with Crippen LogP contribution in [-0.4, -0.2) is 20.0 Å². The minimum atomic E-state index is 0.598. The van der Waals surface area contributed by atoms with E-state index in [0.29, 0.717) is 18.0 Å². The van der Waals surface area contributed by atoms with Crippen molar-refractivity contribution < 1.29 is 4.74 Å². The van der Waals surface area contributed by atoms with Gasteiger partial charge >= 0.3 is 0 Å². The Bertz CT molecular complexity index is 905. The first-order valence-corrected chi connectivity index (χ1v) is 8.99. The van der Waals surface area contributed by atoms with Gasteiger partial charge in [-0.25, -0.2) is 4.85 Å². The molecule has 0 N–H and O–H groups in total. The summed E-state index contributed by atoms with van der Waals surface area (Å²) in [5, 5.41) is 14.9. The van der Waals surface area contributed by atoms with Crippen LogP contribution in [0, 0.1) is 13.5 Å². The highest BCUT2D eigenvalue weighted by molar-refractivity contribution is 7.11. The van der Waals surface area contributed by atoms with E-state index in [-0.39, 0.29) is 0 Å². The van der Waals surface area contributed by atoms with Crippen LogP contribution in [-0.2, 0) is 19.4 Å². The molecule has 0 amide bonds. The van der Waals surface area contributed by atoms with Gasteiger partial charge in [0.2, 0.25) is 0 Å². The van der Waals surface area contributed by atoms with Gasteiger partial charge in [-0.15, -0.1) is 10.2 Å². The molecule has 0 aliphatic rings. The molecule has 2 heterocycles. The van der Waals surface area contributed by atoms with Crippen LogP contribution in [0.2, 0.25) is 0 Å². The molecule has 7 heteroatoms. The molecule has 0 aliphatic heterocycles. The topological polar surface area (TPSA) is 57.2 Å². The first-order chi connectivity index (χ1) is 12.1. The summed E-state index contributed by atoms with van der Waals surface area (Å²) in [6.45, 7) is 13.7. The minimum Gasteiger partial charge on any atom is -0.454 e. The predicted molar refractivity (Wildman–Crippen MR) is 97.5 cm³/mol. The largest absolute Gasteiger partial charge is 0.454 e. The monoisotopic (exact) mass is 353 g/mol. The Morgan fingerprint density at radius 3 is 2.48 bits per heavy atom. The number of ether oxygens (including phenoxy) is 1. The molecule has 0 saturated heterocycles. The third-order valence-electron chi connectivity index (χ3n) is 3.79. The zero-order valence-electron chi connectivity index (χ0n) is 14.5. The maximum Gasteiger partial charge on any atom is 0.187 e. The quantitative estimate of drug-likeness (QED) is 0.610. The van der Waals surface area contributed by atoms with E-state index in [9.17, 15) is 0 Å². The fraction of sp³-hybridized carbons (Fsp3) is 0.333. The zero-order chi connectivity index (χ0) is 17.8. The molecule has 3 aromatic rings. The van der Waals surface area contributed by atoms with Gasteiger partial charge in [-0.1, -0.05) is 37.3 Å². The number of benzene rings is 1. The molecule has 0 atom stereocenters. The summed E-state index contributed by atoms with van der Waals surface area (Å²) in [6, 6.07) is 7.15. The third-order valence-corrected chi connectivity index (χ3v) is 4.61. The van der Waals surface area contributed by atoms with Crippen LogP contribution in [0.25, 0.3) is 4.85 Å². The van der Waals surface area contributed by atoms with Crippen molar-refractivity contribution in [3.05, 3.63) is 57.1 Å². The molecule has 0 fully saturated rings. The Morgan fingerprint density at radius 2 is 1.92 bits per heavy atom. The molecule has 128 valence electrons. The van der Waals surface area contributed by atoms with Gasteiger partial charge in [-0.2, -0.15) is 5.10 Å². The number of aromatic nitrogens is 4. The summed E-state index contributed by atoms with van der Waals surface area (Å²) >= 11 is 1.58. The van der Waals surface area contributed by atoms with Gasteiger partial charge in [0.25, 0.3) is 0 Å². The first-order valence-electron chi connectivity index (χ1n) is 8.17. The Balaban J connectivity index is 1.92. The highest BCUT2D eigenvalue weighted by Gasteiger charge is 2.19. The van der Waals surface area contributed by atoms with Crippen LogP contribution in [0.5, 0.6) is 11.5 Å². The van der Waals surface area contributed by atoms with Gasteiger partial charge in [0.1, 0.15) is 21.5 Å². The van der Waals surface area contributed by atoms with Crippen LogP contribution in [0.3, 0.4) is 0 Å². The van der Waals surface area contributed by atoms with Gasteiger partial charge in [0, 0.05) is 0 Å². The van der Waals surface area contributed by atoms with E-state index in [1.807, 2.05) is 23.7 Å². The second-order valence-electron chi connectivity index (χ2n) is 5.51. The molecule has 0 bridgehead atoms. The number of aryl methyl sites for hydroxylation is 2. The van der Waals surface area contributed by atoms with Gasteiger partial charge < -0.3 is 4.74 Å². The maximum atomic E-state index is 7.04. The highest BCUT2D eigenvalue weighted by atomic mass is 32.1. The van der Waals surface area contributed by atoms with Crippen molar-refractivity contribution in [1.29, 1.82) is 0 Å². The van der Waals surface area contributed by atoms with Crippen LogP contribution < -0.4 is 4.74 Å². The van der Waals surface area contributed by atoms with E-state index in [1.54, 1.807) is 23.5 Å². The lowest BCUT2D eigenvalue weighted by Gasteiger charge is -2.09. The molecule has 0 saturated carbocycles. The van der Waals surface area contributed by atoms with E-state index >= 15 is 0 Å². The molecule has 2 aromatic heterocycles. The standard InChI is InChI=1S/C18H19N5OS/c1-5-15-18(24-14-9-7-13(19-4)8-10-14)16(6-2)23(22-15)11-17-21-20-12(3)25-17/h7-10H,5-6,11H2,1-3H3. The lowest BCUT2D eigenvalue weighted by molar-refractivity contribution is 0.469. The second-order valence-corrected chi connectivity index (χ2v) is 6.78. The van der Waals surface area contributed by atoms with Crippen LogP contribution >= 0.6 is 11.3 Å². The molecule has 0 radical (unpaired) electrons. The van der Waals surface area contributed by atoms with E-state index in [4.69, 9.17) is 16.4 Å². The van der Waals surface area contributed by atoms with Crippen molar-refractivity contribution in [2.75, 3.05) is 0 Å². The molecular weight excluding hydrogens is 334 g/mol. The molecular formula is C18H19N5OS. The third kappa shape index (κ3) is 3.69. The lowest BCUT2D eigenvalue weighted by atomic mass is 10.2. The molecule has 0 spiro atoms. The van der Waals surface area contributed by atoms with Gasteiger partial charge in [-0.05, 0) is 31.9 Å². The average molecular weight is 353 g/mol. The molecule has 0 aliphatic carbocycles. The molecule has 1 aromatic carbocycles. The molecule has 25 heavy (non-hydrogen) atoms. The van der Waals surface area contributed by atoms with Crippen molar-refractivity contribution in [3.63, 3.8) is 0 Å². The van der Waals surface area contributed by atoms with Gasteiger partial charge in [0.15, 0.2) is 11.4 Å². The Labute approximate surface area is 150 Å². The summed E-state index contributed by atoms with van der Waals surface area (Å²) in [7, 11) is 0. The first kappa shape index (κ1) is 17.1. The number of rotatable bonds is 6. The predicted octanol–water partition coefficient (Wildman–Crippen LogP) is 4.56. The normalized spacial score (nSPS) is 10.6. The van der Waals surface area contributed by atoms with Crippen molar-refractivity contribution in [1.82, 2.24) is 20.0 Å². The van der Waals surface area contributed by atoms with Gasteiger partial charge in [-0.3, -0.25) is 4.68 Å². The van der Waals surface area contributed by atoms with Crippen LogP contribution in [0.15, 0.2) is 24.3 Å².